The molecule has 1 aliphatic heterocycles. The van der Waals surface area contributed by atoms with Crippen LogP contribution < -0.4 is 9.47 Å². The third kappa shape index (κ3) is 5.19. The first-order valence-electron chi connectivity index (χ1n) is 8.52. The normalized spacial score (nSPS) is 22.7. The standard InChI is InChI=1S/C20H24O5/c1-3-23-20(2)24-15-19(25-20)14-22-18-11-9-17(10-12-18)21-13-16-7-5-4-6-8-16/h4-12,19H,3,13-15H2,1-2H3. The summed E-state index contributed by atoms with van der Waals surface area (Å²) >= 11 is 0. The fourth-order valence-electron chi connectivity index (χ4n) is 2.60. The van der Waals surface area contributed by atoms with Crippen LogP contribution in [0.1, 0.15) is 19.4 Å². The van der Waals surface area contributed by atoms with Gasteiger partial charge in [0, 0.05) is 13.5 Å². The quantitative estimate of drug-likeness (QED) is 0.729. The lowest BCUT2D eigenvalue weighted by Gasteiger charge is -2.22. The summed E-state index contributed by atoms with van der Waals surface area (Å²) < 4.78 is 28.2. The van der Waals surface area contributed by atoms with Crippen molar-refractivity contribution in [3.8, 4) is 11.5 Å². The highest BCUT2D eigenvalue weighted by molar-refractivity contribution is 5.31. The zero-order chi connectivity index (χ0) is 17.5. The van der Waals surface area contributed by atoms with E-state index in [9.17, 15) is 0 Å². The Morgan fingerprint density at radius 2 is 1.68 bits per heavy atom. The van der Waals surface area contributed by atoms with E-state index in [2.05, 4.69) is 0 Å². The van der Waals surface area contributed by atoms with Gasteiger partial charge in [0.05, 0.1) is 6.61 Å². The Hall–Kier alpha value is -2.08. The van der Waals surface area contributed by atoms with Gasteiger partial charge in [0.25, 0.3) is 5.97 Å². The highest BCUT2D eigenvalue weighted by Crippen LogP contribution is 2.25. The Morgan fingerprint density at radius 1 is 1.00 bits per heavy atom. The van der Waals surface area contributed by atoms with E-state index in [1.165, 1.54) is 0 Å². The molecule has 5 nitrogen and oxygen atoms in total. The first-order valence-corrected chi connectivity index (χ1v) is 8.52. The van der Waals surface area contributed by atoms with Gasteiger partial charge in [-0.05, 0) is 36.8 Å². The van der Waals surface area contributed by atoms with Crippen LogP contribution in [0.15, 0.2) is 54.6 Å². The van der Waals surface area contributed by atoms with Crippen LogP contribution in [0.25, 0.3) is 0 Å². The van der Waals surface area contributed by atoms with Crippen molar-refractivity contribution in [1.29, 1.82) is 0 Å². The van der Waals surface area contributed by atoms with Crippen LogP contribution in [0.2, 0.25) is 0 Å². The van der Waals surface area contributed by atoms with Gasteiger partial charge in [-0.15, -0.1) is 0 Å². The minimum absolute atomic E-state index is 0.148. The summed E-state index contributed by atoms with van der Waals surface area (Å²) in [6.45, 7) is 5.62. The van der Waals surface area contributed by atoms with Crippen LogP contribution in [-0.2, 0) is 20.8 Å². The lowest BCUT2D eigenvalue weighted by molar-refractivity contribution is -0.324. The van der Waals surface area contributed by atoms with E-state index in [1.54, 1.807) is 6.92 Å². The predicted octanol–water partition coefficient (Wildman–Crippen LogP) is 3.77. The van der Waals surface area contributed by atoms with Crippen LogP contribution in [0.5, 0.6) is 11.5 Å². The van der Waals surface area contributed by atoms with Gasteiger partial charge in [0.15, 0.2) is 0 Å². The fraction of sp³-hybridized carbons (Fsp3) is 0.400. The van der Waals surface area contributed by atoms with Gasteiger partial charge in [0.2, 0.25) is 0 Å². The van der Waals surface area contributed by atoms with Crippen molar-refractivity contribution in [2.75, 3.05) is 19.8 Å². The number of rotatable bonds is 8. The van der Waals surface area contributed by atoms with Crippen molar-refractivity contribution in [3.05, 3.63) is 60.2 Å². The molecule has 0 aliphatic carbocycles. The first-order chi connectivity index (χ1) is 12.2. The van der Waals surface area contributed by atoms with Crippen LogP contribution in [-0.4, -0.2) is 31.9 Å². The number of hydrogen-bond donors (Lipinski definition) is 0. The van der Waals surface area contributed by atoms with Gasteiger partial charge in [-0.1, -0.05) is 30.3 Å². The van der Waals surface area contributed by atoms with E-state index in [4.69, 9.17) is 23.7 Å². The average molecular weight is 344 g/mol. The van der Waals surface area contributed by atoms with E-state index in [-0.39, 0.29) is 6.10 Å². The maximum atomic E-state index is 5.76. The van der Waals surface area contributed by atoms with Gasteiger partial charge in [-0.3, -0.25) is 0 Å². The second-order valence-corrected chi connectivity index (χ2v) is 5.90. The molecule has 0 N–H and O–H groups in total. The lowest BCUT2D eigenvalue weighted by Crippen LogP contribution is -2.31. The minimum Gasteiger partial charge on any atom is -0.491 e. The Labute approximate surface area is 148 Å². The largest absolute Gasteiger partial charge is 0.491 e. The maximum Gasteiger partial charge on any atom is 0.280 e. The topological polar surface area (TPSA) is 46.2 Å². The van der Waals surface area contributed by atoms with Gasteiger partial charge in [0.1, 0.15) is 30.8 Å². The molecule has 1 heterocycles. The number of hydrogen-bond acceptors (Lipinski definition) is 5. The third-order valence-electron chi connectivity index (χ3n) is 3.83. The Bertz CT molecular complexity index is 643. The van der Waals surface area contributed by atoms with Gasteiger partial charge in [-0.25, -0.2) is 0 Å². The molecule has 1 saturated heterocycles. The molecule has 1 aliphatic rings. The van der Waals surface area contributed by atoms with Crippen molar-refractivity contribution < 1.29 is 23.7 Å². The van der Waals surface area contributed by atoms with Gasteiger partial charge in [-0.2, -0.15) is 0 Å². The van der Waals surface area contributed by atoms with Crippen molar-refractivity contribution in [1.82, 2.24) is 0 Å². The maximum absolute atomic E-state index is 5.76. The summed E-state index contributed by atoms with van der Waals surface area (Å²) in [7, 11) is 0. The Balaban J connectivity index is 1.44. The summed E-state index contributed by atoms with van der Waals surface area (Å²) in [6.07, 6.45) is -0.148. The summed E-state index contributed by atoms with van der Waals surface area (Å²) in [6, 6.07) is 17.6. The number of ether oxygens (including phenoxy) is 5. The molecule has 25 heavy (non-hydrogen) atoms. The molecule has 0 aromatic heterocycles. The lowest BCUT2D eigenvalue weighted by atomic mass is 10.2. The fourth-order valence-corrected chi connectivity index (χ4v) is 2.60. The van der Waals surface area contributed by atoms with Crippen molar-refractivity contribution in [2.24, 2.45) is 0 Å². The molecular weight excluding hydrogens is 320 g/mol. The molecule has 0 saturated carbocycles. The highest BCUT2D eigenvalue weighted by atomic mass is 16.9. The summed E-state index contributed by atoms with van der Waals surface area (Å²) in [5, 5.41) is 0. The molecule has 1 fully saturated rings. The average Bonchev–Trinajstić information content (AvgIpc) is 3.01. The Morgan fingerprint density at radius 3 is 2.36 bits per heavy atom. The van der Waals surface area contributed by atoms with Crippen molar-refractivity contribution in [2.45, 2.75) is 32.5 Å². The summed E-state index contributed by atoms with van der Waals surface area (Å²) in [5.41, 5.74) is 1.14. The SMILES string of the molecule is CCOC1(C)OCC(COc2ccc(OCc3ccccc3)cc2)O1. The zero-order valence-corrected chi connectivity index (χ0v) is 14.6. The molecule has 2 aromatic carbocycles. The monoisotopic (exact) mass is 344 g/mol. The van der Waals surface area contributed by atoms with E-state index in [0.29, 0.717) is 26.4 Å². The molecule has 0 spiro atoms. The van der Waals surface area contributed by atoms with Crippen LogP contribution in [0, 0.1) is 0 Å². The Kier molecular flexibility index (Phi) is 5.91. The molecule has 2 aromatic rings. The van der Waals surface area contributed by atoms with Crippen LogP contribution >= 0.6 is 0 Å². The summed E-state index contributed by atoms with van der Waals surface area (Å²) in [5.74, 6) is 0.610. The molecule has 3 rings (SSSR count). The number of benzene rings is 2. The smallest absolute Gasteiger partial charge is 0.280 e. The van der Waals surface area contributed by atoms with Crippen molar-refractivity contribution in [3.63, 3.8) is 0 Å². The van der Waals surface area contributed by atoms with E-state index < -0.39 is 5.97 Å². The molecular formula is C20H24O5. The predicted molar refractivity (Wildman–Crippen MR) is 93.6 cm³/mol. The van der Waals surface area contributed by atoms with Gasteiger partial charge >= 0.3 is 0 Å². The van der Waals surface area contributed by atoms with Crippen LogP contribution in [0.3, 0.4) is 0 Å². The van der Waals surface area contributed by atoms with E-state index >= 15 is 0 Å². The second kappa shape index (κ2) is 8.34. The molecule has 134 valence electrons. The molecule has 0 amide bonds. The molecule has 0 radical (unpaired) electrons. The first kappa shape index (κ1) is 17.7. The van der Waals surface area contributed by atoms with Gasteiger partial charge < -0.3 is 23.7 Å². The van der Waals surface area contributed by atoms with Crippen molar-refractivity contribution >= 4 is 0 Å². The molecule has 5 heteroatoms. The summed E-state index contributed by atoms with van der Waals surface area (Å²) in [4.78, 5) is 0. The van der Waals surface area contributed by atoms with Crippen LogP contribution in [0.4, 0.5) is 0 Å². The minimum atomic E-state index is -0.960. The second-order valence-electron chi connectivity index (χ2n) is 5.90. The molecule has 2 atom stereocenters. The van der Waals surface area contributed by atoms with E-state index in [0.717, 1.165) is 17.1 Å². The molecule has 2 unspecified atom stereocenters. The molecule has 0 bridgehead atoms. The van der Waals surface area contributed by atoms with E-state index in [1.807, 2.05) is 61.5 Å². The zero-order valence-electron chi connectivity index (χ0n) is 14.6. The highest BCUT2D eigenvalue weighted by Gasteiger charge is 2.38. The third-order valence-corrected chi connectivity index (χ3v) is 3.83.